The number of carbonyl (C=O) groups is 2. The van der Waals surface area contributed by atoms with Gasteiger partial charge in [-0.2, -0.15) is 0 Å². The zero-order valence-corrected chi connectivity index (χ0v) is 12.0. The van der Waals surface area contributed by atoms with E-state index in [9.17, 15) is 14.7 Å². The maximum atomic E-state index is 11.8. The molecule has 112 valence electrons. The van der Waals surface area contributed by atoms with Crippen molar-refractivity contribution in [3.05, 3.63) is 23.8 Å². The number of rotatable bonds is 2. The number of carbonyl (C=O) groups excluding carboxylic acids is 1. The minimum atomic E-state index is -0.832. The van der Waals surface area contributed by atoms with Crippen molar-refractivity contribution in [3.8, 4) is 5.75 Å². The number of carboxylic acids is 1. The van der Waals surface area contributed by atoms with Crippen LogP contribution in [-0.2, 0) is 15.0 Å². The van der Waals surface area contributed by atoms with E-state index in [0.717, 1.165) is 24.8 Å². The Kier molecular flexibility index (Phi) is 3.35. The lowest BCUT2D eigenvalue weighted by molar-refractivity contribution is -0.145. The monoisotopic (exact) mass is 289 g/mol. The summed E-state index contributed by atoms with van der Waals surface area (Å²) in [5.41, 5.74) is 0.495. The molecule has 0 radical (unpaired) electrons. The van der Waals surface area contributed by atoms with Crippen LogP contribution in [0.4, 0.5) is 5.69 Å². The Morgan fingerprint density at radius 3 is 2.71 bits per heavy atom. The van der Waals surface area contributed by atoms with Crippen LogP contribution in [0.1, 0.15) is 44.6 Å². The maximum Gasteiger partial charge on any atom is 0.314 e. The van der Waals surface area contributed by atoms with Gasteiger partial charge in [0, 0.05) is 0 Å². The molecule has 3 rings (SSSR count). The van der Waals surface area contributed by atoms with Crippen LogP contribution in [0.25, 0.3) is 0 Å². The van der Waals surface area contributed by atoms with Crippen molar-refractivity contribution in [2.45, 2.75) is 50.5 Å². The number of nitrogens with one attached hydrogen (secondary N) is 1. The SMILES string of the molecule is CC1Oc2ccc(C3(C(=O)O)CCCCC3)cc2NC1=O. The van der Waals surface area contributed by atoms with Gasteiger partial charge >= 0.3 is 5.97 Å². The summed E-state index contributed by atoms with van der Waals surface area (Å²) in [4.78, 5) is 23.5. The average molecular weight is 289 g/mol. The predicted octanol–water partition coefficient (Wildman–Crippen LogP) is 2.69. The molecule has 0 aromatic heterocycles. The van der Waals surface area contributed by atoms with Gasteiger partial charge in [0.1, 0.15) is 5.75 Å². The van der Waals surface area contributed by atoms with E-state index in [1.807, 2.05) is 6.07 Å². The number of fused-ring (bicyclic) bond motifs is 1. The molecule has 5 nitrogen and oxygen atoms in total. The molecule has 1 amide bonds. The highest BCUT2D eigenvalue weighted by Gasteiger charge is 2.42. The predicted molar refractivity (Wildman–Crippen MR) is 77.6 cm³/mol. The maximum absolute atomic E-state index is 11.8. The first-order chi connectivity index (χ1) is 10.0. The third-order valence-corrected chi connectivity index (χ3v) is 4.58. The minimum absolute atomic E-state index is 0.201. The van der Waals surface area contributed by atoms with E-state index in [4.69, 9.17) is 4.74 Å². The van der Waals surface area contributed by atoms with Crippen molar-refractivity contribution in [2.24, 2.45) is 0 Å². The Morgan fingerprint density at radius 1 is 1.33 bits per heavy atom. The summed E-state index contributed by atoms with van der Waals surface area (Å²) in [6.45, 7) is 1.69. The summed E-state index contributed by atoms with van der Waals surface area (Å²) in [5, 5.41) is 12.5. The number of carboxylic acid groups (broad SMARTS) is 1. The van der Waals surface area contributed by atoms with E-state index in [1.54, 1.807) is 19.1 Å². The van der Waals surface area contributed by atoms with Crippen LogP contribution in [0, 0.1) is 0 Å². The van der Waals surface area contributed by atoms with Gasteiger partial charge in [0.15, 0.2) is 6.10 Å². The van der Waals surface area contributed by atoms with Gasteiger partial charge in [-0.3, -0.25) is 9.59 Å². The topological polar surface area (TPSA) is 75.6 Å². The first-order valence-corrected chi connectivity index (χ1v) is 7.38. The quantitative estimate of drug-likeness (QED) is 0.877. The van der Waals surface area contributed by atoms with Gasteiger partial charge in [-0.05, 0) is 37.5 Å². The second-order valence-electron chi connectivity index (χ2n) is 5.91. The molecule has 21 heavy (non-hydrogen) atoms. The van der Waals surface area contributed by atoms with E-state index in [0.29, 0.717) is 24.3 Å². The van der Waals surface area contributed by atoms with Crippen molar-refractivity contribution in [1.29, 1.82) is 0 Å². The second kappa shape index (κ2) is 5.06. The minimum Gasteiger partial charge on any atom is -0.481 e. The number of hydrogen-bond acceptors (Lipinski definition) is 3. The highest BCUT2D eigenvalue weighted by atomic mass is 16.5. The third-order valence-electron chi connectivity index (χ3n) is 4.58. The first kappa shape index (κ1) is 13.9. The Morgan fingerprint density at radius 2 is 2.05 bits per heavy atom. The fraction of sp³-hybridized carbons (Fsp3) is 0.500. The van der Waals surface area contributed by atoms with E-state index in [-0.39, 0.29) is 5.91 Å². The lowest BCUT2D eigenvalue weighted by Crippen LogP contribution is -2.38. The molecule has 0 spiro atoms. The molecule has 1 unspecified atom stereocenters. The molecular weight excluding hydrogens is 270 g/mol. The molecule has 1 saturated carbocycles. The molecule has 0 bridgehead atoms. The molecule has 1 aliphatic carbocycles. The lowest BCUT2D eigenvalue weighted by Gasteiger charge is -2.34. The first-order valence-electron chi connectivity index (χ1n) is 7.38. The number of benzene rings is 1. The largest absolute Gasteiger partial charge is 0.481 e. The third kappa shape index (κ3) is 2.26. The Labute approximate surface area is 123 Å². The van der Waals surface area contributed by atoms with Crippen molar-refractivity contribution in [1.82, 2.24) is 0 Å². The van der Waals surface area contributed by atoms with E-state index in [1.165, 1.54) is 0 Å². The average Bonchev–Trinajstić information content (AvgIpc) is 2.48. The molecule has 2 aliphatic rings. The molecule has 5 heteroatoms. The van der Waals surface area contributed by atoms with Crippen LogP contribution in [0.15, 0.2) is 18.2 Å². The highest BCUT2D eigenvalue weighted by Crippen LogP contribution is 2.42. The highest BCUT2D eigenvalue weighted by molar-refractivity contribution is 5.97. The molecule has 2 N–H and O–H groups in total. The van der Waals surface area contributed by atoms with E-state index in [2.05, 4.69) is 5.32 Å². The van der Waals surface area contributed by atoms with Crippen molar-refractivity contribution < 1.29 is 19.4 Å². The van der Waals surface area contributed by atoms with Crippen LogP contribution in [-0.4, -0.2) is 23.1 Å². The molecule has 1 aliphatic heterocycles. The van der Waals surface area contributed by atoms with Gasteiger partial charge in [0.25, 0.3) is 5.91 Å². The summed E-state index contributed by atoms with van der Waals surface area (Å²) in [6, 6.07) is 5.35. The Bertz CT molecular complexity index is 590. The molecular formula is C16H19NO4. The van der Waals surface area contributed by atoms with Crippen molar-refractivity contribution >= 4 is 17.6 Å². The number of hydrogen-bond donors (Lipinski definition) is 2. The van der Waals surface area contributed by atoms with Gasteiger partial charge in [0.05, 0.1) is 11.1 Å². The zero-order valence-electron chi connectivity index (χ0n) is 12.0. The van der Waals surface area contributed by atoms with Gasteiger partial charge in [0.2, 0.25) is 0 Å². The Balaban J connectivity index is 2.01. The summed E-state index contributed by atoms with van der Waals surface area (Å²) in [6.07, 6.45) is 3.69. The van der Waals surface area contributed by atoms with Crippen LogP contribution < -0.4 is 10.1 Å². The Hall–Kier alpha value is -2.04. The molecule has 1 fully saturated rings. The standard InChI is InChI=1S/C16H19NO4/c1-10-14(18)17-12-9-11(5-6-13(12)21-10)16(15(19)20)7-3-2-4-8-16/h5-6,9-10H,2-4,7-8H2,1H3,(H,17,18)(H,19,20). The lowest BCUT2D eigenvalue weighted by atomic mass is 9.69. The summed E-state index contributed by atoms with van der Waals surface area (Å²) >= 11 is 0. The fourth-order valence-corrected chi connectivity index (χ4v) is 3.29. The van der Waals surface area contributed by atoms with Crippen LogP contribution in [0.3, 0.4) is 0 Å². The second-order valence-corrected chi connectivity index (χ2v) is 5.91. The van der Waals surface area contributed by atoms with Crippen LogP contribution >= 0.6 is 0 Å². The molecule has 1 atom stereocenters. The molecule has 1 aromatic rings. The zero-order chi connectivity index (χ0) is 15.0. The van der Waals surface area contributed by atoms with Crippen LogP contribution in [0.2, 0.25) is 0 Å². The van der Waals surface area contributed by atoms with Crippen LogP contribution in [0.5, 0.6) is 5.75 Å². The van der Waals surface area contributed by atoms with Gasteiger partial charge in [-0.15, -0.1) is 0 Å². The molecule has 0 saturated heterocycles. The van der Waals surface area contributed by atoms with Gasteiger partial charge in [-0.25, -0.2) is 0 Å². The summed E-state index contributed by atoms with van der Waals surface area (Å²) in [5.74, 6) is -0.381. The molecule has 1 heterocycles. The smallest absolute Gasteiger partial charge is 0.314 e. The van der Waals surface area contributed by atoms with Crippen molar-refractivity contribution in [3.63, 3.8) is 0 Å². The van der Waals surface area contributed by atoms with E-state index < -0.39 is 17.5 Å². The normalized spacial score (nSPS) is 23.7. The number of ether oxygens (including phenoxy) is 1. The summed E-state index contributed by atoms with van der Waals surface area (Å²) < 4.78 is 5.52. The number of aliphatic carboxylic acids is 1. The van der Waals surface area contributed by atoms with Crippen molar-refractivity contribution in [2.75, 3.05) is 5.32 Å². The molecule has 1 aromatic carbocycles. The van der Waals surface area contributed by atoms with Gasteiger partial charge < -0.3 is 15.2 Å². The summed E-state index contributed by atoms with van der Waals surface area (Å²) in [7, 11) is 0. The number of amides is 1. The number of anilines is 1. The van der Waals surface area contributed by atoms with E-state index >= 15 is 0 Å². The van der Waals surface area contributed by atoms with Gasteiger partial charge in [-0.1, -0.05) is 25.3 Å². The fourth-order valence-electron chi connectivity index (χ4n) is 3.29.